The van der Waals surface area contributed by atoms with Gasteiger partial charge in [0.1, 0.15) is 5.78 Å². The molecule has 84 valence electrons. The van der Waals surface area contributed by atoms with Crippen LogP contribution in [0.3, 0.4) is 0 Å². The Hall–Kier alpha value is -1.05. The van der Waals surface area contributed by atoms with Crippen molar-refractivity contribution in [2.45, 2.75) is 53.5 Å². The van der Waals surface area contributed by atoms with Crippen LogP contribution in [0.2, 0.25) is 0 Å². The maximum Gasteiger partial charge on any atom is 0.130 e. The number of Topliss-reactive ketones (excluding diaryl/α,β-unsaturated/α-hetero) is 1. The molecule has 0 bridgehead atoms. The second-order valence-corrected chi connectivity index (χ2v) is 4.56. The van der Waals surface area contributed by atoms with Gasteiger partial charge in [0.05, 0.1) is 0 Å². The summed E-state index contributed by atoms with van der Waals surface area (Å²) < 4.78 is 2.33. The van der Waals surface area contributed by atoms with E-state index in [1.807, 2.05) is 0 Å². The summed E-state index contributed by atoms with van der Waals surface area (Å²) in [5.74, 6) is 0.268. The standard InChI is InChI=1S/C13H21NO/c1-9(2)14-10(3)8-13(12(14)5)7-6-11(4)15/h8-9H,6-7H2,1-5H3. The second-order valence-electron chi connectivity index (χ2n) is 4.56. The fraction of sp³-hybridized carbons (Fsp3) is 0.615. The van der Waals surface area contributed by atoms with E-state index in [1.54, 1.807) is 6.92 Å². The molecule has 0 fully saturated rings. The monoisotopic (exact) mass is 207 g/mol. The lowest BCUT2D eigenvalue weighted by atomic mass is 10.1. The first-order chi connectivity index (χ1) is 6.93. The van der Waals surface area contributed by atoms with Gasteiger partial charge in [0.25, 0.3) is 0 Å². The van der Waals surface area contributed by atoms with Gasteiger partial charge in [-0.05, 0) is 52.7 Å². The summed E-state index contributed by atoms with van der Waals surface area (Å²) in [7, 11) is 0. The molecule has 0 aliphatic heterocycles. The number of carbonyl (C=O) groups excluding carboxylic acids is 1. The Balaban J connectivity index is 2.91. The van der Waals surface area contributed by atoms with Crippen LogP contribution in [0.4, 0.5) is 0 Å². The van der Waals surface area contributed by atoms with E-state index in [0.717, 1.165) is 6.42 Å². The highest BCUT2D eigenvalue weighted by molar-refractivity contribution is 5.75. The molecule has 2 heteroatoms. The molecule has 0 aromatic carbocycles. The van der Waals surface area contributed by atoms with Crippen molar-refractivity contribution >= 4 is 5.78 Å². The van der Waals surface area contributed by atoms with E-state index >= 15 is 0 Å². The van der Waals surface area contributed by atoms with Crippen LogP contribution >= 0.6 is 0 Å². The lowest BCUT2D eigenvalue weighted by Gasteiger charge is -2.13. The lowest BCUT2D eigenvalue weighted by Crippen LogP contribution is -2.05. The van der Waals surface area contributed by atoms with Crippen molar-refractivity contribution in [3.8, 4) is 0 Å². The minimum Gasteiger partial charge on any atom is -0.346 e. The molecule has 0 amide bonds. The Bertz CT molecular complexity index is 361. The zero-order chi connectivity index (χ0) is 11.6. The Morgan fingerprint density at radius 2 is 2.00 bits per heavy atom. The average Bonchev–Trinajstić information content (AvgIpc) is 2.37. The molecule has 0 unspecified atom stereocenters. The number of nitrogens with zero attached hydrogens (tertiary/aromatic N) is 1. The molecule has 1 heterocycles. The molecule has 0 N–H and O–H groups in total. The molecule has 0 aliphatic rings. The fourth-order valence-corrected chi connectivity index (χ4v) is 2.20. The van der Waals surface area contributed by atoms with Crippen molar-refractivity contribution in [3.05, 3.63) is 23.0 Å². The van der Waals surface area contributed by atoms with Gasteiger partial charge in [-0.3, -0.25) is 0 Å². The fourth-order valence-electron chi connectivity index (χ4n) is 2.20. The topological polar surface area (TPSA) is 22.0 Å². The van der Waals surface area contributed by atoms with Crippen molar-refractivity contribution in [1.82, 2.24) is 4.57 Å². The van der Waals surface area contributed by atoms with E-state index in [4.69, 9.17) is 0 Å². The molecule has 0 saturated carbocycles. The summed E-state index contributed by atoms with van der Waals surface area (Å²) in [5, 5.41) is 0. The normalized spacial score (nSPS) is 11.1. The average molecular weight is 207 g/mol. The van der Waals surface area contributed by atoms with Crippen LogP contribution in [-0.4, -0.2) is 10.4 Å². The minimum absolute atomic E-state index is 0.268. The number of carbonyl (C=O) groups is 1. The number of aryl methyl sites for hydroxylation is 2. The smallest absolute Gasteiger partial charge is 0.130 e. The van der Waals surface area contributed by atoms with Crippen LogP contribution in [0, 0.1) is 13.8 Å². The van der Waals surface area contributed by atoms with Crippen molar-refractivity contribution in [3.63, 3.8) is 0 Å². The summed E-state index contributed by atoms with van der Waals surface area (Å²) in [6, 6.07) is 2.70. The van der Waals surface area contributed by atoms with Gasteiger partial charge in [-0.2, -0.15) is 0 Å². The number of ketones is 1. The van der Waals surface area contributed by atoms with Gasteiger partial charge in [-0.25, -0.2) is 0 Å². The molecule has 0 saturated heterocycles. The Morgan fingerprint density at radius 3 is 2.40 bits per heavy atom. The van der Waals surface area contributed by atoms with Crippen molar-refractivity contribution < 1.29 is 4.79 Å². The van der Waals surface area contributed by atoms with Crippen LogP contribution in [0.5, 0.6) is 0 Å². The molecule has 1 aromatic heterocycles. The summed E-state index contributed by atoms with van der Waals surface area (Å²) in [6.45, 7) is 10.3. The number of aromatic nitrogens is 1. The summed E-state index contributed by atoms with van der Waals surface area (Å²) in [6.07, 6.45) is 1.53. The maximum atomic E-state index is 10.9. The largest absolute Gasteiger partial charge is 0.346 e. The van der Waals surface area contributed by atoms with E-state index in [-0.39, 0.29) is 5.78 Å². The highest BCUT2D eigenvalue weighted by Gasteiger charge is 2.11. The highest BCUT2D eigenvalue weighted by atomic mass is 16.1. The van der Waals surface area contributed by atoms with Gasteiger partial charge >= 0.3 is 0 Å². The number of rotatable bonds is 4. The van der Waals surface area contributed by atoms with E-state index < -0.39 is 0 Å². The predicted octanol–water partition coefficient (Wildman–Crippen LogP) is 3.21. The molecule has 1 aromatic rings. The van der Waals surface area contributed by atoms with Gasteiger partial charge in [0.15, 0.2) is 0 Å². The van der Waals surface area contributed by atoms with Crippen LogP contribution in [0.15, 0.2) is 6.07 Å². The second kappa shape index (κ2) is 4.65. The Kier molecular flexibility index (Phi) is 3.72. The molecular weight excluding hydrogens is 186 g/mol. The van der Waals surface area contributed by atoms with Crippen LogP contribution < -0.4 is 0 Å². The summed E-state index contributed by atoms with van der Waals surface area (Å²) in [4.78, 5) is 10.9. The third-order valence-corrected chi connectivity index (χ3v) is 2.85. The van der Waals surface area contributed by atoms with E-state index in [1.165, 1.54) is 17.0 Å². The number of hydrogen-bond acceptors (Lipinski definition) is 1. The Morgan fingerprint density at radius 1 is 1.40 bits per heavy atom. The predicted molar refractivity (Wildman–Crippen MR) is 63.3 cm³/mol. The minimum atomic E-state index is 0.268. The first kappa shape index (κ1) is 12.0. The van der Waals surface area contributed by atoms with Gasteiger partial charge < -0.3 is 9.36 Å². The molecule has 0 aliphatic carbocycles. The quantitative estimate of drug-likeness (QED) is 0.743. The first-order valence-corrected chi connectivity index (χ1v) is 5.60. The molecule has 1 rings (SSSR count). The van der Waals surface area contributed by atoms with Crippen molar-refractivity contribution in [2.75, 3.05) is 0 Å². The molecule has 0 atom stereocenters. The van der Waals surface area contributed by atoms with Crippen LogP contribution in [0.1, 0.15) is 50.2 Å². The third kappa shape index (κ3) is 2.71. The molecule has 15 heavy (non-hydrogen) atoms. The van der Waals surface area contributed by atoms with Gasteiger partial charge in [0, 0.05) is 23.9 Å². The third-order valence-electron chi connectivity index (χ3n) is 2.85. The first-order valence-electron chi connectivity index (χ1n) is 5.60. The van der Waals surface area contributed by atoms with E-state index in [2.05, 4.69) is 38.3 Å². The zero-order valence-electron chi connectivity index (χ0n) is 10.4. The van der Waals surface area contributed by atoms with Crippen molar-refractivity contribution in [2.24, 2.45) is 0 Å². The van der Waals surface area contributed by atoms with Crippen LogP contribution in [0.25, 0.3) is 0 Å². The molecule has 0 radical (unpaired) electrons. The van der Waals surface area contributed by atoms with Gasteiger partial charge in [-0.15, -0.1) is 0 Å². The molecule has 0 spiro atoms. The lowest BCUT2D eigenvalue weighted by molar-refractivity contribution is -0.116. The van der Waals surface area contributed by atoms with Crippen molar-refractivity contribution in [1.29, 1.82) is 0 Å². The van der Waals surface area contributed by atoms with Gasteiger partial charge in [0.2, 0.25) is 0 Å². The maximum absolute atomic E-state index is 10.9. The van der Waals surface area contributed by atoms with Gasteiger partial charge in [-0.1, -0.05) is 0 Å². The summed E-state index contributed by atoms with van der Waals surface area (Å²) >= 11 is 0. The van der Waals surface area contributed by atoms with Crippen LogP contribution in [-0.2, 0) is 11.2 Å². The molecular formula is C13H21NO. The summed E-state index contributed by atoms with van der Waals surface area (Å²) in [5.41, 5.74) is 3.92. The van der Waals surface area contributed by atoms with E-state index in [0.29, 0.717) is 12.5 Å². The zero-order valence-corrected chi connectivity index (χ0v) is 10.4. The SMILES string of the molecule is CC(=O)CCc1cc(C)n(C(C)C)c1C. The van der Waals surface area contributed by atoms with E-state index in [9.17, 15) is 4.79 Å². The Labute approximate surface area is 92.3 Å². The molecule has 2 nitrogen and oxygen atoms in total. The highest BCUT2D eigenvalue weighted by Crippen LogP contribution is 2.21. The number of hydrogen-bond donors (Lipinski definition) is 0.